The smallest absolute Gasteiger partial charge is 0.139 e. The van der Waals surface area contributed by atoms with Gasteiger partial charge in [-0.1, -0.05) is 13.3 Å². The number of aromatic nitrogens is 1. The Kier molecular flexibility index (Phi) is 5.95. The fraction of sp³-hybridized carbons (Fsp3) is 0.667. The Morgan fingerprint density at radius 1 is 1.26 bits per heavy atom. The number of nitrogens with one attached hydrogen (secondary N) is 1. The summed E-state index contributed by atoms with van der Waals surface area (Å²) in [6.45, 7) is 7.35. The molecule has 4 heteroatoms. The number of unbranched alkanes of at least 4 members (excludes halogenated alkanes) is 1. The highest BCUT2D eigenvalue weighted by Crippen LogP contribution is 2.20. The molecule has 0 bridgehead atoms. The SMILES string of the molecule is CCCCOc1cncc(N2CCCNCCC2)c1. The van der Waals surface area contributed by atoms with E-state index in [1.165, 1.54) is 18.5 Å². The summed E-state index contributed by atoms with van der Waals surface area (Å²) in [5.74, 6) is 0.895. The summed E-state index contributed by atoms with van der Waals surface area (Å²) >= 11 is 0. The molecule has 0 unspecified atom stereocenters. The number of anilines is 1. The molecule has 0 spiro atoms. The molecule has 4 nitrogen and oxygen atoms in total. The number of hydrogen-bond acceptors (Lipinski definition) is 4. The van der Waals surface area contributed by atoms with Gasteiger partial charge in [0.15, 0.2) is 0 Å². The minimum atomic E-state index is 0.783. The van der Waals surface area contributed by atoms with Crippen molar-refractivity contribution >= 4 is 5.69 Å². The van der Waals surface area contributed by atoms with Crippen molar-refractivity contribution in [2.24, 2.45) is 0 Å². The normalized spacial score (nSPS) is 16.8. The van der Waals surface area contributed by atoms with E-state index in [9.17, 15) is 0 Å². The monoisotopic (exact) mass is 263 g/mol. The van der Waals surface area contributed by atoms with E-state index in [0.717, 1.165) is 51.4 Å². The van der Waals surface area contributed by atoms with E-state index in [1.807, 2.05) is 12.4 Å². The summed E-state index contributed by atoms with van der Waals surface area (Å²) in [5.41, 5.74) is 1.19. The molecular weight excluding hydrogens is 238 g/mol. The van der Waals surface area contributed by atoms with E-state index < -0.39 is 0 Å². The van der Waals surface area contributed by atoms with E-state index in [0.29, 0.717) is 0 Å². The van der Waals surface area contributed by atoms with Gasteiger partial charge in [-0.3, -0.25) is 4.98 Å². The standard InChI is InChI=1S/C15H25N3O/c1-2-3-10-19-15-11-14(12-17-13-15)18-8-4-6-16-7-5-9-18/h11-13,16H,2-10H2,1H3. The van der Waals surface area contributed by atoms with Crippen LogP contribution in [-0.4, -0.2) is 37.8 Å². The van der Waals surface area contributed by atoms with Crippen molar-refractivity contribution in [1.82, 2.24) is 10.3 Å². The molecule has 19 heavy (non-hydrogen) atoms. The molecule has 106 valence electrons. The average molecular weight is 263 g/mol. The van der Waals surface area contributed by atoms with E-state index in [-0.39, 0.29) is 0 Å². The van der Waals surface area contributed by atoms with Crippen LogP contribution in [0.5, 0.6) is 5.75 Å². The molecule has 0 radical (unpaired) electrons. The maximum Gasteiger partial charge on any atom is 0.139 e. The first kappa shape index (κ1) is 14.1. The van der Waals surface area contributed by atoms with Crippen molar-refractivity contribution in [3.05, 3.63) is 18.5 Å². The first-order chi connectivity index (χ1) is 9.40. The third-order valence-corrected chi connectivity index (χ3v) is 3.39. The summed E-state index contributed by atoms with van der Waals surface area (Å²) in [6, 6.07) is 2.12. The predicted molar refractivity (Wildman–Crippen MR) is 79.0 cm³/mol. The molecule has 1 aliphatic rings. The van der Waals surface area contributed by atoms with Gasteiger partial charge < -0.3 is 15.0 Å². The van der Waals surface area contributed by atoms with Crippen LogP contribution in [0.2, 0.25) is 0 Å². The molecule has 0 aromatic carbocycles. The molecule has 0 aliphatic carbocycles. The van der Waals surface area contributed by atoms with Gasteiger partial charge in [0.05, 0.1) is 24.7 Å². The zero-order valence-electron chi connectivity index (χ0n) is 11.9. The van der Waals surface area contributed by atoms with Gasteiger partial charge >= 0.3 is 0 Å². The van der Waals surface area contributed by atoms with Crippen LogP contribution < -0.4 is 15.0 Å². The van der Waals surface area contributed by atoms with Gasteiger partial charge in [0.25, 0.3) is 0 Å². The Bertz CT molecular complexity index is 362. The summed E-state index contributed by atoms with van der Waals surface area (Å²) < 4.78 is 5.73. The third-order valence-electron chi connectivity index (χ3n) is 3.39. The van der Waals surface area contributed by atoms with Crippen molar-refractivity contribution < 1.29 is 4.74 Å². The van der Waals surface area contributed by atoms with Crippen LogP contribution in [-0.2, 0) is 0 Å². The molecule has 2 rings (SSSR count). The van der Waals surface area contributed by atoms with Crippen LogP contribution in [0, 0.1) is 0 Å². The zero-order valence-corrected chi connectivity index (χ0v) is 11.9. The number of ether oxygens (including phenoxy) is 1. The maximum atomic E-state index is 5.73. The van der Waals surface area contributed by atoms with Gasteiger partial charge in [-0.2, -0.15) is 0 Å². The fourth-order valence-electron chi connectivity index (χ4n) is 2.28. The minimum Gasteiger partial charge on any atom is -0.492 e. The predicted octanol–water partition coefficient (Wildman–Crippen LogP) is 2.45. The van der Waals surface area contributed by atoms with Crippen molar-refractivity contribution in [2.75, 3.05) is 37.7 Å². The summed E-state index contributed by atoms with van der Waals surface area (Å²) in [4.78, 5) is 6.73. The summed E-state index contributed by atoms with van der Waals surface area (Å²) in [6.07, 6.45) is 8.38. The van der Waals surface area contributed by atoms with Crippen LogP contribution in [0.3, 0.4) is 0 Å². The highest BCUT2D eigenvalue weighted by atomic mass is 16.5. The lowest BCUT2D eigenvalue weighted by Gasteiger charge is -2.27. The lowest BCUT2D eigenvalue weighted by molar-refractivity contribution is 0.308. The maximum absolute atomic E-state index is 5.73. The Hall–Kier alpha value is -1.29. The average Bonchev–Trinajstić information content (AvgIpc) is 2.39. The first-order valence-electron chi connectivity index (χ1n) is 7.43. The van der Waals surface area contributed by atoms with Crippen LogP contribution >= 0.6 is 0 Å². The quantitative estimate of drug-likeness (QED) is 0.828. The number of pyridine rings is 1. The molecule has 1 saturated heterocycles. The number of hydrogen-bond donors (Lipinski definition) is 1. The zero-order chi connectivity index (χ0) is 13.3. The van der Waals surface area contributed by atoms with Crippen molar-refractivity contribution in [1.29, 1.82) is 0 Å². The molecule has 2 heterocycles. The fourth-order valence-corrected chi connectivity index (χ4v) is 2.28. The summed E-state index contributed by atoms with van der Waals surface area (Å²) in [7, 11) is 0. The van der Waals surface area contributed by atoms with E-state index in [4.69, 9.17) is 4.74 Å². The summed E-state index contributed by atoms with van der Waals surface area (Å²) in [5, 5.41) is 3.44. The van der Waals surface area contributed by atoms with Gasteiger partial charge in [0.1, 0.15) is 5.75 Å². The second kappa shape index (κ2) is 8.00. The lowest BCUT2D eigenvalue weighted by Crippen LogP contribution is -2.33. The Morgan fingerprint density at radius 3 is 2.79 bits per heavy atom. The molecule has 1 aromatic rings. The molecule has 1 aromatic heterocycles. The minimum absolute atomic E-state index is 0.783. The molecule has 0 saturated carbocycles. The molecule has 1 fully saturated rings. The Balaban J connectivity index is 1.95. The van der Waals surface area contributed by atoms with Crippen molar-refractivity contribution in [2.45, 2.75) is 32.6 Å². The molecule has 0 atom stereocenters. The topological polar surface area (TPSA) is 37.4 Å². The number of rotatable bonds is 5. The van der Waals surface area contributed by atoms with E-state index in [1.54, 1.807) is 0 Å². The van der Waals surface area contributed by atoms with Crippen LogP contribution in [0.4, 0.5) is 5.69 Å². The third kappa shape index (κ3) is 4.71. The van der Waals surface area contributed by atoms with Crippen molar-refractivity contribution in [3.8, 4) is 5.75 Å². The van der Waals surface area contributed by atoms with Gasteiger partial charge in [0.2, 0.25) is 0 Å². The van der Waals surface area contributed by atoms with Crippen LogP contribution in [0.1, 0.15) is 32.6 Å². The van der Waals surface area contributed by atoms with Gasteiger partial charge in [-0.25, -0.2) is 0 Å². The number of nitrogens with zero attached hydrogens (tertiary/aromatic N) is 2. The highest BCUT2D eigenvalue weighted by Gasteiger charge is 2.09. The van der Waals surface area contributed by atoms with Gasteiger partial charge in [0, 0.05) is 19.2 Å². The Labute approximate surface area is 116 Å². The van der Waals surface area contributed by atoms with Crippen LogP contribution in [0.15, 0.2) is 18.5 Å². The van der Waals surface area contributed by atoms with E-state index >= 15 is 0 Å². The largest absolute Gasteiger partial charge is 0.492 e. The molecular formula is C15H25N3O. The molecule has 1 N–H and O–H groups in total. The van der Waals surface area contributed by atoms with E-state index in [2.05, 4.69) is 28.2 Å². The first-order valence-corrected chi connectivity index (χ1v) is 7.43. The van der Waals surface area contributed by atoms with Crippen LogP contribution in [0.25, 0.3) is 0 Å². The second-order valence-electron chi connectivity index (χ2n) is 5.03. The second-order valence-corrected chi connectivity index (χ2v) is 5.03. The Morgan fingerprint density at radius 2 is 2.05 bits per heavy atom. The van der Waals surface area contributed by atoms with Gasteiger partial charge in [-0.05, 0) is 32.4 Å². The lowest BCUT2D eigenvalue weighted by atomic mass is 10.2. The van der Waals surface area contributed by atoms with Crippen molar-refractivity contribution in [3.63, 3.8) is 0 Å². The molecule has 1 aliphatic heterocycles. The van der Waals surface area contributed by atoms with Gasteiger partial charge in [-0.15, -0.1) is 0 Å². The highest BCUT2D eigenvalue weighted by molar-refractivity contribution is 5.48. The molecule has 0 amide bonds.